The molecule has 0 spiro atoms. The second-order valence-corrected chi connectivity index (χ2v) is 6.24. The third-order valence-electron chi connectivity index (χ3n) is 4.59. The molecule has 0 fully saturated rings. The van der Waals surface area contributed by atoms with E-state index in [2.05, 4.69) is 26.4 Å². The molecule has 0 aliphatic carbocycles. The summed E-state index contributed by atoms with van der Waals surface area (Å²) in [5.74, 6) is 1.34. The van der Waals surface area contributed by atoms with E-state index in [0.717, 1.165) is 39.1 Å². The third-order valence-corrected chi connectivity index (χ3v) is 4.59. The van der Waals surface area contributed by atoms with Crippen LogP contribution < -0.4 is 10.1 Å². The molecule has 0 bridgehead atoms. The summed E-state index contributed by atoms with van der Waals surface area (Å²) in [5, 5.41) is 9.10. The number of ether oxygens (including phenoxy) is 1. The lowest BCUT2D eigenvalue weighted by atomic mass is 10.1. The number of aromatic amines is 1. The highest BCUT2D eigenvalue weighted by atomic mass is 16.5. The minimum absolute atomic E-state index is 0.532. The average Bonchev–Trinajstić information content (AvgIpc) is 3.34. The van der Waals surface area contributed by atoms with E-state index in [-0.39, 0.29) is 0 Å². The molecule has 3 aromatic heterocycles. The number of aromatic nitrogens is 4. The SMILES string of the molecule is COc1ccccc1-c1ccc2cnc(Nc3ccc4[nH]ccc4c3)nn12. The fraction of sp³-hybridized carbons (Fsp3) is 0.0476. The van der Waals surface area contributed by atoms with Crippen LogP contribution in [0, 0.1) is 0 Å². The maximum absolute atomic E-state index is 5.50. The van der Waals surface area contributed by atoms with Gasteiger partial charge < -0.3 is 15.0 Å². The summed E-state index contributed by atoms with van der Waals surface area (Å²) in [4.78, 5) is 7.63. The van der Waals surface area contributed by atoms with Crippen LogP contribution in [-0.2, 0) is 0 Å². The minimum Gasteiger partial charge on any atom is -0.496 e. The van der Waals surface area contributed by atoms with Gasteiger partial charge in [-0.25, -0.2) is 9.50 Å². The predicted octanol–water partition coefficient (Wildman–Crippen LogP) is 4.63. The second kappa shape index (κ2) is 6.17. The third kappa shape index (κ3) is 2.67. The van der Waals surface area contributed by atoms with Gasteiger partial charge in [0.05, 0.1) is 24.5 Å². The highest BCUT2D eigenvalue weighted by molar-refractivity contribution is 5.83. The number of nitrogens with one attached hydrogen (secondary N) is 2. The van der Waals surface area contributed by atoms with Gasteiger partial charge in [-0.3, -0.25) is 0 Å². The van der Waals surface area contributed by atoms with Gasteiger partial charge in [0.2, 0.25) is 5.95 Å². The highest BCUT2D eigenvalue weighted by Gasteiger charge is 2.11. The summed E-state index contributed by atoms with van der Waals surface area (Å²) < 4.78 is 7.38. The van der Waals surface area contributed by atoms with Crippen molar-refractivity contribution in [2.24, 2.45) is 0 Å². The highest BCUT2D eigenvalue weighted by Crippen LogP contribution is 2.30. The van der Waals surface area contributed by atoms with Crippen molar-refractivity contribution in [2.45, 2.75) is 0 Å². The van der Waals surface area contributed by atoms with Crippen molar-refractivity contribution in [1.82, 2.24) is 19.6 Å². The average molecular weight is 355 g/mol. The van der Waals surface area contributed by atoms with Crippen LogP contribution in [-0.4, -0.2) is 26.7 Å². The van der Waals surface area contributed by atoms with Crippen LogP contribution in [0.5, 0.6) is 5.75 Å². The van der Waals surface area contributed by atoms with E-state index >= 15 is 0 Å². The fourth-order valence-electron chi connectivity index (χ4n) is 3.28. The van der Waals surface area contributed by atoms with Gasteiger partial charge in [-0.05, 0) is 48.5 Å². The van der Waals surface area contributed by atoms with E-state index in [9.17, 15) is 0 Å². The molecule has 132 valence electrons. The van der Waals surface area contributed by atoms with Crippen LogP contribution in [0.15, 0.2) is 73.1 Å². The summed E-state index contributed by atoms with van der Waals surface area (Å²) in [6, 6.07) is 20.1. The zero-order valence-corrected chi connectivity index (χ0v) is 14.7. The molecule has 3 heterocycles. The van der Waals surface area contributed by atoms with Gasteiger partial charge in [0.25, 0.3) is 0 Å². The first kappa shape index (κ1) is 15.5. The van der Waals surface area contributed by atoms with Crippen LogP contribution in [0.25, 0.3) is 27.7 Å². The Morgan fingerprint density at radius 3 is 2.89 bits per heavy atom. The van der Waals surface area contributed by atoms with Crippen molar-refractivity contribution in [3.63, 3.8) is 0 Å². The number of para-hydroxylation sites is 1. The maximum Gasteiger partial charge on any atom is 0.245 e. The van der Waals surface area contributed by atoms with E-state index < -0.39 is 0 Å². The smallest absolute Gasteiger partial charge is 0.245 e. The molecular weight excluding hydrogens is 338 g/mol. The molecule has 0 aliphatic rings. The molecule has 0 saturated carbocycles. The molecule has 5 aromatic rings. The monoisotopic (exact) mass is 355 g/mol. The lowest BCUT2D eigenvalue weighted by Crippen LogP contribution is -2.03. The van der Waals surface area contributed by atoms with Gasteiger partial charge in [0.15, 0.2) is 0 Å². The van der Waals surface area contributed by atoms with Gasteiger partial charge in [0.1, 0.15) is 5.75 Å². The molecule has 0 unspecified atom stereocenters. The Bertz CT molecular complexity index is 1250. The molecule has 6 nitrogen and oxygen atoms in total. The Morgan fingerprint density at radius 1 is 1.04 bits per heavy atom. The van der Waals surface area contributed by atoms with Crippen molar-refractivity contribution in [3.8, 4) is 17.0 Å². The molecule has 5 rings (SSSR count). The number of nitrogens with zero attached hydrogens (tertiary/aromatic N) is 3. The number of hydrogen-bond acceptors (Lipinski definition) is 4. The van der Waals surface area contributed by atoms with Gasteiger partial charge in [-0.15, -0.1) is 5.10 Å². The standard InChI is InChI=1S/C21H17N5O/c1-27-20-5-3-2-4-17(20)19-9-7-16-13-23-21(25-26(16)19)24-15-6-8-18-14(12-15)10-11-22-18/h2-13,22H,1H3,(H,24,25). The summed E-state index contributed by atoms with van der Waals surface area (Å²) in [5.41, 5.74) is 4.89. The summed E-state index contributed by atoms with van der Waals surface area (Å²) in [7, 11) is 1.67. The van der Waals surface area contributed by atoms with Gasteiger partial charge in [-0.2, -0.15) is 0 Å². The normalized spacial score (nSPS) is 11.1. The minimum atomic E-state index is 0.532. The van der Waals surface area contributed by atoms with Crippen molar-refractivity contribution in [2.75, 3.05) is 12.4 Å². The Morgan fingerprint density at radius 2 is 1.96 bits per heavy atom. The molecule has 27 heavy (non-hydrogen) atoms. The molecule has 6 heteroatoms. The van der Waals surface area contributed by atoms with Gasteiger partial charge in [0, 0.05) is 28.4 Å². The van der Waals surface area contributed by atoms with E-state index in [1.54, 1.807) is 7.11 Å². The number of methoxy groups -OCH3 is 1. The lowest BCUT2D eigenvalue weighted by Gasteiger charge is -2.09. The zero-order valence-electron chi connectivity index (χ0n) is 14.7. The molecule has 0 amide bonds. The van der Waals surface area contributed by atoms with Crippen molar-refractivity contribution in [3.05, 3.63) is 73.1 Å². The van der Waals surface area contributed by atoms with E-state index in [0.29, 0.717) is 5.95 Å². The van der Waals surface area contributed by atoms with Crippen LogP contribution in [0.4, 0.5) is 11.6 Å². The quantitative estimate of drug-likeness (QED) is 0.493. The maximum atomic E-state index is 5.50. The number of H-pyrrole nitrogens is 1. The molecule has 0 atom stereocenters. The summed E-state index contributed by atoms with van der Waals surface area (Å²) in [6.07, 6.45) is 3.74. The molecule has 2 aromatic carbocycles. The molecule has 0 aliphatic heterocycles. The predicted molar refractivity (Wildman–Crippen MR) is 107 cm³/mol. The van der Waals surface area contributed by atoms with Crippen molar-refractivity contribution < 1.29 is 4.74 Å². The molecule has 0 saturated heterocycles. The Balaban J connectivity index is 1.56. The Kier molecular flexibility index (Phi) is 3.53. The van der Waals surface area contributed by atoms with E-state index in [1.165, 1.54) is 0 Å². The van der Waals surface area contributed by atoms with Crippen LogP contribution in [0.1, 0.15) is 0 Å². The largest absolute Gasteiger partial charge is 0.496 e. The first-order chi connectivity index (χ1) is 13.3. The van der Waals surface area contributed by atoms with E-state index in [1.807, 2.05) is 71.5 Å². The van der Waals surface area contributed by atoms with Gasteiger partial charge >= 0.3 is 0 Å². The Hall–Kier alpha value is -3.80. The van der Waals surface area contributed by atoms with Crippen LogP contribution >= 0.6 is 0 Å². The van der Waals surface area contributed by atoms with E-state index in [4.69, 9.17) is 4.74 Å². The number of anilines is 2. The first-order valence-electron chi connectivity index (χ1n) is 8.64. The Labute approximate surface area is 155 Å². The second-order valence-electron chi connectivity index (χ2n) is 6.24. The van der Waals surface area contributed by atoms with Crippen molar-refractivity contribution >= 4 is 28.1 Å². The first-order valence-corrected chi connectivity index (χ1v) is 8.64. The molecular formula is C21H17N5O. The lowest BCUT2D eigenvalue weighted by molar-refractivity contribution is 0.416. The molecule has 0 radical (unpaired) electrons. The van der Waals surface area contributed by atoms with Crippen molar-refractivity contribution in [1.29, 1.82) is 0 Å². The zero-order chi connectivity index (χ0) is 18.2. The fourth-order valence-corrected chi connectivity index (χ4v) is 3.28. The summed E-state index contributed by atoms with van der Waals surface area (Å²) >= 11 is 0. The topological polar surface area (TPSA) is 67.2 Å². The molecule has 2 N–H and O–H groups in total. The number of rotatable bonds is 4. The van der Waals surface area contributed by atoms with Gasteiger partial charge in [-0.1, -0.05) is 12.1 Å². The number of fused-ring (bicyclic) bond motifs is 2. The number of hydrogen-bond donors (Lipinski definition) is 2. The van der Waals surface area contributed by atoms with Crippen LogP contribution in [0.3, 0.4) is 0 Å². The van der Waals surface area contributed by atoms with Crippen LogP contribution in [0.2, 0.25) is 0 Å². The number of benzene rings is 2. The summed E-state index contributed by atoms with van der Waals surface area (Å²) in [6.45, 7) is 0.